The molecule has 1 heterocycles. The Kier molecular flexibility index (Phi) is 5.00. The summed E-state index contributed by atoms with van der Waals surface area (Å²) in [5, 5.41) is 6.53. The predicted octanol–water partition coefficient (Wildman–Crippen LogP) is 2.48. The van der Waals surface area contributed by atoms with Crippen molar-refractivity contribution in [2.45, 2.75) is 20.4 Å². The molecule has 6 nitrogen and oxygen atoms in total. The summed E-state index contributed by atoms with van der Waals surface area (Å²) in [6, 6.07) is 5.87. The molecule has 0 amide bonds. The Morgan fingerprint density at radius 3 is 2.65 bits per heavy atom. The molecule has 0 bridgehead atoms. The van der Waals surface area contributed by atoms with Gasteiger partial charge in [0, 0.05) is 0 Å². The van der Waals surface area contributed by atoms with E-state index in [0.717, 1.165) is 17.1 Å². The average Bonchev–Trinajstić information content (AvgIpc) is 2.85. The Bertz CT molecular complexity index is 608. The maximum atomic E-state index is 5.59. The van der Waals surface area contributed by atoms with Crippen molar-refractivity contribution in [3.05, 3.63) is 34.9 Å². The van der Waals surface area contributed by atoms with Crippen molar-refractivity contribution in [1.29, 1.82) is 0 Å². The topological polar surface area (TPSA) is 64.1 Å². The predicted molar refractivity (Wildman–Crippen MR) is 79.3 cm³/mol. The maximum Gasteiger partial charge on any atom is 0.214 e. The molecule has 108 valence electrons. The minimum Gasteiger partial charge on any atom is -0.490 e. The van der Waals surface area contributed by atoms with Gasteiger partial charge in [-0.2, -0.15) is 5.10 Å². The number of aromatic amines is 1. The van der Waals surface area contributed by atoms with Crippen LogP contribution in [0.4, 0.5) is 0 Å². The molecule has 2 N–H and O–H groups in total. The third-order valence-corrected chi connectivity index (χ3v) is 2.90. The van der Waals surface area contributed by atoms with Gasteiger partial charge in [0.2, 0.25) is 4.77 Å². The zero-order valence-electron chi connectivity index (χ0n) is 11.5. The minimum atomic E-state index is 0.529. The van der Waals surface area contributed by atoms with Gasteiger partial charge in [-0.05, 0) is 43.8 Å². The summed E-state index contributed by atoms with van der Waals surface area (Å²) in [7, 11) is 0. The number of hydrogen-bond donors (Lipinski definition) is 2. The number of nitrogens with one attached hydrogen (secondary N) is 2. The van der Waals surface area contributed by atoms with Crippen LogP contribution in [-0.2, 0) is 6.54 Å². The fourth-order valence-corrected chi connectivity index (χ4v) is 1.91. The number of hydrogen-bond acceptors (Lipinski definition) is 5. The van der Waals surface area contributed by atoms with E-state index in [1.807, 2.05) is 32.0 Å². The number of nitrogens with zero attached hydrogens (tertiary/aromatic N) is 2. The molecule has 0 unspecified atom stereocenters. The lowest BCUT2D eigenvalue weighted by Crippen LogP contribution is -2.13. The Balaban J connectivity index is 2.10. The zero-order valence-corrected chi connectivity index (χ0v) is 12.4. The van der Waals surface area contributed by atoms with E-state index in [-0.39, 0.29) is 0 Å². The molecular weight excluding hydrogens is 276 g/mol. The quantitative estimate of drug-likeness (QED) is 0.768. The van der Waals surface area contributed by atoms with Crippen LogP contribution in [0.5, 0.6) is 11.5 Å². The molecule has 0 radical (unpaired) electrons. The number of benzene rings is 1. The number of H-pyrrole nitrogens is 1. The third kappa shape index (κ3) is 3.51. The van der Waals surface area contributed by atoms with Crippen LogP contribution in [0.2, 0.25) is 0 Å². The van der Waals surface area contributed by atoms with Crippen LogP contribution < -0.4 is 14.9 Å². The number of aromatic nitrogens is 3. The third-order valence-electron chi connectivity index (χ3n) is 2.61. The first-order valence-corrected chi connectivity index (χ1v) is 6.89. The van der Waals surface area contributed by atoms with Gasteiger partial charge in [0.15, 0.2) is 11.5 Å². The van der Waals surface area contributed by atoms with Gasteiger partial charge in [-0.1, -0.05) is 6.07 Å². The second kappa shape index (κ2) is 6.95. The van der Waals surface area contributed by atoms with Gasteiger partial charge in [0.25, 0.3) is 0 Å². The van der Waals surface area contributed by atoms with E-state index >= 15 is 0 Å². The van der Waals surface area contributed by atoms with Crippen molar-refractivity contribution in [1.82, 2.24) is 14.9 Å². The van der Waals surface area contributed by atoms with Gasteiger partial charge < -0.3 is 14.9 Å². The Morgan fingerprint density at radius 1 is 1.25 bits per heavy atom. The Labute approximate surface area is 122 Å². The normalized spacial score (nSPS) is 10.3. The fourth-order valence-electron chi connectivity index (χ4n) is 1.74. The summed E-state index contributed by atoms with van der Waals surface area (Å²) in [6.45, 7) is 5.73. The van der Waals surface area contributed by atoms with Crippen LogP contribution in [0.1, 0.15) is 19.4 Å². The lowest BCUT2D eigenvalue weighted by atomic mass is 10.2. The highest BCUT2D eigenvalue weighted by molar-refractivity contribution is 7.71. The van der Waals surface area contributed by atoms with Crippen LogP contribution in [0.25, 0.3) is 0 Å². The van der Waals surface area contributed by atoms with E-state index in [4.69, 9.17) is 21.7 Å². The number of ether oxygens (including phenoxy) is 2. The molecule has 2 rings (SSSR count). The molecule has 0 saturated carbocycles. The lowest BCUT2D eigenvalue weighted by Gasteiger charge is -2.13. The van der Waals surface area contributed by atoms with Crippen LogP contribution >= 0.6 is 12.2 Å². The van der Waals surface area contributed by atoms with Crippen molar-refractivity contribution in [3.63, 3.8) is 0 Å². The standard InChI is InChI=1S/C13H18N4O2S/c1-3-18-11-6-5-10(7-12(11)19-4-2)8-15-17-9-14-16-13(17)20/h5-7,9,15H,3-4,8H2,1-2H3,(H,16,20). The van der Waals surface area contributed by atoms with Crippen molar-refractivity contribution < 1.29 is 9.47 Å². The zero-order chi connectivity index (χ0) is 14.4. The summed E-state index contributed by atoms with van der Waals surface area (Å²) in [5.41, 5.74) is 4.22. The largest absolute Gasteiger partial charge is 0.490 e. The highest BCUT2D eigenvalue weighted by atomic mass is 32.1. The van der Waals surface area contributed by atoms with E-state index in [0.29, 0.717) is 24.5 Å². The molecule has 0 saturated heterocycles. The summed E-state index contributed by atoms with van der Waals surface area (Å²) in [5.74, 6) is 1.52. The highest BCUT2D eigenvalue weighted by Gasteiger charge is 2.06. The van der Waals surface area contributed by atoms with Gasteiger partial charge >= 0.3 is 0 Å². The van der Waals surface area contributed by atoms with Crippen molar-refractivity contribution in [3.8, 4) is 11.5 Å². The molecule has 0 aliphatic rings. The highest BCUT2D eigenvalue weighted by Crippen LogP contribution is 2.28. The molecule has 0 atom stereocenters. The van der Waals surface area contributed by atoms with Crippen molar-refractivity contribution >= 4 is 12.2 Å². The van der Waals surface area contributed by atoms with Crippen LogP contribution in [0.15, 0.2) is 24.5 Å². The fraction of sp³-hybridized carbons (Fsp3) is 0.385. The molecule has 1 aromatic carbocycles. The van der Waals surface area contributed by atoms with E-state index < -0.39 is 0 Å². The molecule has 0 spiro atoms. The monoisotopic (exact) mass is 294 g/mol. The first kappa shape index (κ1) is 14.4. The molecule has 0 aliphatic carbocycles. The van der Waals surface area contributed by atoms with E-state index in [2.05, 4.69) is 15.6 Å². The molecule has 1 aromatic heterocycles. The summed E-state index contributed by atoms with van der Waals surface area (Å²) >= 11 is 5.06. The van der Waals surface area contributed by atoms with Crippen LogP contribution in [0, 0.1) is 4.77 Å². The molecule has 0 aliphatic heterocycles. The second-order valence-electron chi connectivity index (χ2n) is 4.01. The second-order valence-corrected chi connectivity index (χ2v) is 4.40. The van der Waals surface area contributed by atoms with Gasteiger partial charge in [0.1, 0.15) is 6.33 Å². The Hall–Kier alpha value is -2.02. The van der Waals surface area contributed by atoms with Crippen LogP contribution in [0.3, 0.4) is 0 Å². The maximum absolute atomic E-state index is 5.59. The first-order valence-electron chi connectivity index (χ1n) is 6.49. The first-order chi connectivity index (χ1) is 9.74. The smallest absolute Gasteiger partial charge is 0.214 e. The lowest BCUT2D eigenvalue weighted by molar-refractivity contribution is 0.287. The van der Waals surface area contributed by atoms with Gasteiger partial charge in [-0.3, -0.25) is 5.10 Å². The molecule has 7 heteroatoms. The van der Waals surface area contributed by atoms with E-state index in [9.17, 15) is 0 Å². The van der Waals surface area contributed by atoms with Gasteiger partial charge in [0.05, 0.1) is 19.8 Å². The van der Waals surface area contributed by atoms with Gasteiger partial charge in [-0.15, -0.1) is 0 Å². The molecule has 2 aromatic rings. The van der Waals surface area contributed by atoms with Gasteiger partial charge in [-0.25, -0.2) is 4.68 Å². The van der Waals surface area contributed by atoms with Crippen molar-refractivity contribution in [2.75, 3.05) is 18.6 Å². The van der Waals surface area contributed by atoms with E-state index in [1.54, 1.807) is 11.0 Å². The van der Waals surface area contributed by atoms with Crippen LogP contribution in [-0.4, -0.2) is 28.1 Å². The SMILES string of the molecule is CCOc1ccc(CNn2cn[nH]c2=S)cc1OCC. The minimum absolute atomic E-state index is 0.529. The molecule has 20 heavy (non-hydrogen) atoms. The summed E-state index contributed by atoms with van der Waals surface area (Å²) in [6.07, 6.45) is 1.60. The van der Waals surface area contributed by atoms with Crippen molar-refractivity contribution in [2.24, 2.45) is 0 Å². The average molecular weight is 294 g/mol. The summed E-state index contributed by atoms with van der Waals surface area (Å²) in [4.78, 5) is 0. The molecule has 0 fully saturated rings. The summed E-state index contributed by atoms with van der Waals surface area (Å²) < 4.78 is 13.3. The van der Waals surface area contributed by atoms with E-state index in [1.165, 1.54) is 0 Å². The molecular formula is C13H18N4O2S. The Morgan fingerprint density at radius 2 is 2.00 bits per heavy atom. The number of rotatable bonds is 7.